The van der Waals surface area contributed by atoms with Gasteiger partial charge in [0.05, 0.1) is 10.6 Å². The molecule has 0 atom stereocenters. The van der Waals surface area contributed by atoms with E-state index in [0.717, 1.165) is 5.00 Å². The first-order valence-corrected chi connectivity index (χ1v) is 4.80. The normalized spacial score (nSPS) is 9.29. The first kappa shape index (κ1) is 8.55. The van der Waals surface area contributed by atoms with Gasteiger partial charge in [0.1, 0.15) is 17.8 Å². The van der Waals surface area contributed by atoms with Gasteiger partial charge in [-0.25, -0.2) is 0 Å². The third kappa shape index (κ3) is 1.19. The topological polar surface area (TPSA) is 52.5 Å². The Labute approximate surface area is 85.1 Å². The first-order valence-electron chi connectivity index (χ1n) is 3.92. The molecule has 0 bridgehead atoms. The maximum absolute atomic E-state index is 8.90. The van der Waals surface area contributed by atoms with Crippen LogP contribution >= 0.6 is 11.3 Å². The lowest BCUT2D eigenvalue weighted by molar-refractivity contribution is 1.08. The third-order valence-corrected chi connectivity index (χ3v) is 2.72. The number of nitriles is 2. The second-order valence-electron chi connectivity index (χ2n) is 2.62. The molecule has 0 spiro atoms. The summed E-state index contributed by atoms with van der Waals surface area (Å²) in [6.45, 7) is 0. The average molecular weight is 199 g/mol. The lowest BCUT2D eigenvalue weighted by Crippen LogP contribution is -1.93. The Morgan fingerprint density at radius 2 is 2.07 bits per heavy atom. The monoisotopic (exact) mass is 199 g/mol. The van der Waals surface area contributed by atoms with Crippen molar-refractivity contribution in [2.75, 3.05) is 0 Å². The van der Waals surface area contributed by atoms with Crippen molar-refractivity contribution in [1.29, 1.82) is 10.5 Å². The smallest absolute Gasteiger partial charge is 0.143 e. The summed E-state index contributed by atoms with van der Waals surface area (Å²) in [5.74, 6) is 0. The van der Waals surface area contributed by atoms with Crippen molar-refractivity contribution in [3.63, 3.8) is 0 Å². The van der Waals surface area contributed by atoms with Gasteiger partial charge in [-0.05, 0) is 23.6 Å². The van der Waals surface area contributed by atoms with Crippen molar-refractivity contribution < 1.29 is 0 Å². The Morgan fingerprint density at radius 1 is 1.21 bits per heavy atom. The van der Waals surface area contributed by atoms with E-state index < -0.39 is 0 Å². The lowest BCUT2D eigenvalue weighted by atomic mass is 10.3. The van der Waals surface area contributed by atoms with Gasteiger partial charge in [-0.15, -0.1) is 11.3 Å². The van der Waals surface area contributed by atoms with Crippen molar-refractivity contribution in [2.45, 2.75) is 0 Å². The molecule has 4 heteroatoms. The molecule has 66 valence electrons. The predicted octanol–water partition coefficient (Wildman–Crippen LogP) is 2.28. The Hall–Kier alpha value is -2.04. The largest absolute Gasteiger partial charge is 0.298 e. The molecule has 0 amide bonds. The fourth-order valence-corrected chi connectivity index (χ4v) is 1.95. The highest BCUT2D eigenvalue weighted by Gasteiger charge is 2.09. The maximum Gasteiger partial charge on any atom is 0.143 e. The molecular formula is C10H5N3S. The standard InChI is InChI=1S/C10H5N3S/c11-6-8-3-4-13(9(8)7-12)10-2-1-5-14-10/h1-5H. The molecule has 0 aliphatic rings. The summed E-state index contributed by atoms with van der Waals surface area (Å²) in [5.41, 5.74) is 0.816. The Balaban J connectivity index is 2.63. The Morgan fingerprint density at radius 3 is 2.64 bits per heavy atom. The van der Waals surface area contributed by atoms with Crippen LogP contribution in [0.15, 0.2) is 29.8 Å². The average Bonchev–Trinajstić information content (AvgIpc) is 2.85. The number of nitrogens with zero attached hydrogens (tertiary/aromatic N) is 3. The van der Waals surface area contributed by atoms with E-state index in [-0.39, 0.29) is 0 Å². The highest BCUT2D eigenvalue weighted by atomic mass is 32.1. The minimum Gasteiger partial charge on any atom is -0.298 e. The summed E-state index contributed by atoms with van der Waals surface area (Å²) in [6, 6.07) is 9.49. The van der Waals surface area contributed by atoms with Gasteiger partial charge in [0.25, 0.3) is 0 Å². The number of hydrogen-bond donors (Lipinski definition) is 0. The molecule has 0 saturated carbocycles. The van der Waals surface area contributed by atoms with Crippen LogP contribution in [0.25, 0.3) is 5.00 Å². The Kier molecular flexibility index (Phi) is 2.06. The summed E-state index contributed by atoms with van der Waals surface area (Å²) < 4.78 is 1.73. The molecule has 0 aliphatic carbocycles. The molecule has 0 unspecified atom stereocenters. The van der Waals surface area contributed by atoms with E-state index in [0.29, 0.717) is 11.3 Å². The minimum absolute atomic E-state index is 0.398. The van der Waals surface area contributed by atoms with E-state index in [4.69, 9.17) is 10.5 Å². The molecule has 0 radical (unpaired) electrons. The highest BCUT2D eigenvalue weighted by Crippen LogP contribution is 2.19. The number of hydrogen-bond acceptors (Lipinski definition) is 3. The van der Waals surface area contributed by atoms with Gasteiger partial charge >= 0.3 is 0 Å². The molecule has 0 aliphatic heterocycles. The van der Waals surface area contributed by atoms with Crippen molar-refractivity contribution in [2.24, 2.45) is 0 Å². The number of thiophene rings is 1. The van der Waals surface area contributed by atoms with Crippen molar-refractivity contribution >= 4 is 11.3 Å². The van der Waals surface area contributed by atoms with Crippen LogP contribution in [0.3, 0.4) is 0 Å². The van der Waals surface area contributed by atoms with Crippen molar-refractivity contribution in [3.05, 3.63) is 41.0 Å². The second-order valence-corrected chi connectivity index (χ2v) is 3.55. The summed E-state index contributed by atoms with van der Waals surface area (Å²) in [6.07, 6.45) is 1.74. The van der Waals surface area contributed by atoms with Gasteiger partial charge in [-0.2, -0.15) is 10.5 Å². The SMILES string of the molecule is N#Cc1ccn(-c2cccs2)c1C#N. The van der Waals surface area contributed by atoms with Crippen molar-refractivity contribution in [1.82, 2.24) is 4.57 Å². The summed E-state index contributed by atoms with van der Waals surface area (Å²) in [4.78, 5) is 0. The van der Waals surface area contributed by atoms with Gasteiger partial charge in [0.15, 0.2) is 0 Å². The molecule has 2 aromatic rings. The van der Waals surface area contributed by atoms with E-state index in [9.17, 15) is 0 Å². The van der Waals surface area contributed by atoms with Crippen LogP contribution in [0, 0.1) is 22.7 Å². The van der Waals surface area contributed by atoms with E-state index >= 15 is 0 Å². The zero-order valence-corrected chi connectivity index (χ0v) is 7.95. The van der Waals surface area contributed by atoms with Crippen LogP contribution in [-0.4, -0.2) is 4.57 Å². The first-order chi connectivity index (χ1) is 6.86. The zero-order valence-electron chi connectivity index (χ0n) is 7.14. The fraction of sp³-hybridized carbons (Fsp3) is 0. The van der Waals surface area contributed by atoms with Crippen LogP contribution in [0.5, 0.6) is 0 Å². The fourth-order valence-electron chi connectivity index (χ4n) is 1.23. The van der Waals surface area contributed by atoms with Crippen molar-refractivity contribution in [3.8, 4) is 17.1 Å². The predicted molar refractivity (Wildman–Crippen MR) is 53.1 cm³/mol. The molecule has 2 aromatic heterocycles. The van der Waals surface area contributed by atoms with Crippen LogP contribution < -0.4 is 0 Å². The van der Waals surface area contributed by atoms with Crippen LogP contribution in [0.1, 0.15) is 11.3 Å². The van der Waals surface area contributed by atoms with Crippen LogP contribution in [-0.2, 0) is 0 Å². The molecular weight excluding hydrogens is 194 g/mol. The van der Waals surface area contributed by atoms with Gasteiger partial charge in [0.2, 0.25) is 0 Å². The summed E-state index contributed by atoms with van der Waals surface area (Å²) >= 11 is 1.53. The summed E-state index contributed by atoms with van der Waals surface area (Å²) in [5, 5.41) is 20.5. The molecule has 0 saturated heterocycles. The molecule has 3 nitrogen and oxygen atoms in total. The van der Waals surface area contributed by atoms with Gasteiger partial charge in [-0.1, -0.05) is 0 Å². The van der Waals surface area contributed by atoms with E-state index in [2.05, 4.69) is 0 Å². The van der Waals surface area contributed by atoms with E-state index in [1.54, 1.807) is 16.8 Å². The molecule has 0 aromatic carbocycles. The van der Waals surface area contributed by atoms with Crippen LogP contribution in [0.4, 0.5) is 0 Å². The molecule has 0 fully saturated rings. The van der Waals surface area contributed by atoms with E-state index in [1.165, 1.54) is 11.3 Å². The van der Waals surface area contributed by atoms with Gasteiger partial charge in [0, 0.05) is 6.20 Å². The van der Waals surface area contributed by atoms with E-state index in [1.807, 2.05) is 29.7 Å². The summed E-state index contributed by atoms with van der Waals surface area (Å²) in [7, 11) is 0. The molecule has 2 heterocycles. The molecule has 2 rings (SSSR count). The quantitative estimate of drug-likeness (QED) is 0.707. The lowest BCUT2D eigenvalue weighted by Gasteiger charge is -1.98. The number of aromatic nitrogens is 1. The van der Waals surface area contributed by atoms with Crippen LogP contribution in [0.2, 0.25) is 0 Å². The molecule has 0 N–H and O–H groups in total. The number of rotatable bonds is 1. The zero-order chi connectivity index (χ0) is 9.97. The molecule has 14 heavy (non-hydrogen) atoms. The Bertz CT molecular complexity index is 523. The second kappa shape index (κ2) is 3.37. The third-order valence-electron chi connectivity index (χ3n) is 1.86. The van der Waals surface area contributed by atoms with Gasteiger partial charge < -0.3 is 0 Å². The maximum atomic E-state index is 8.90. The van der Waals surface area contributed by atoms with Gasteiger partial charge in [-0.3, -0.25) is 4.57 Å². The highest BCUT2D eigenvalue weighted by molar-refractivity contribution is 7.12. The minimum atomic E-state index is 0.398.